The van der Waals surface area contributed by atoms with Crippen molar-refractivity contribution >= 4 is 57.6 Å². The van der Waals surface area contributed by atoms with Crippen LogP contribution in [0.2, 0.25) is 0 Å². The minimum Gasteiger partial charge on any atom is -0.366 e. The van der Waals surface area contributed by atoms with Crippen molar-refractivity contribution in [3.05, 3.63) is 81.9 Å². The molecule has 0 bridgehead atoms. The first-order valence-corrected chi connectivity index (χ1v) is 18.1. The van der Waals surface area contributed by atoms with E-state index in [1.54, 1.807) is 51.8 Å². The fourth-order valence-electron chi connectivity index (χ4n) is 7.08. The van der Waals surface area contributed by atoms with Gasteiger partial charge in [-0.05, 0) is 82.5 Å². The maximum absolute atomic E-state index is 14.1. The van der Waals surface area contributed by atoms with E-state index in [1.807, 2.05) is 29.9 Å². The zero-order valence-corrected chi connectivity index (χ0v) is 30.5. The number of anilines is 2. The van der Waals surface area contributed by atoms with Gasteiger partial charge in [0.25, 0.3) is 11.8 Å². The van der Waals surface area contributed by atoms with Crippen molar-refractivity contribution in [1.82, 2.24) is 44.0 Å². The number of amides is 4. The van der Waals surface area contributed by atoms with Crippen molar-refractivity contribution in [2.24, 2.45) is 11.5 Å². The van der Waals surface area contributed by atoms with Gasteiger partial charge in [-0.1, -0.05) is 13.8 Å². The normalized spacial score (nSPS) is 14.7. The Morgan fingerprint density at radius 1 is 0.764 bits per heavy atom. The molecular weight excluding hydrogens is 703 g/mol. The van der Waals surface area contributed by atoms with Crippen LogP contribution in [0.4, 0.5) is 11.9 Å². The monoisotopic (exact) mass is 749 g/mol. The number of nitrogens with two attached hydrogens (primary N) is 2. The number of fused-ring (bicyclic) bond motifs is 8. The second-order valence-electron chi connectivity index (χ2n) is 13.4. The van der Waals surface area contributed by atoms with E-state index in [2.05, 4.69) is 31.1 Å². The summed E-state index contributed by atoms with van der Waals surface area (Å²) in [6.45, 7) is 8.52. The minimum absolute atomic E-state index is 0. The van der Waals surface area contributed by atoms with Crippen molar-refractivity contribution in [2.75, 3.05) is 23.7 Å². The summed E-state index contributed by atoms with van der Waals surface area (Å²) in [4.78, 5) is 61.2. The number of aryl methyl sites for hydroxylation is 4. The molecule has 6 aromatic rings. The Hall–Kier alpha value is -6.36. The summed E-state index contributed by atoms with van der Waals surface area (Å²) in [5, 5.41) is 18.8. The van der Waals surface area contributed by atoms with Gasteiger partial charge in [0.15, 0.2) is 0 Å². The van der Waals surface area contributed by atoms with Crippen LogP contribution in [0.15, 0.2) is 42.5 Å². The molecule has 0 unspecified atom stereocenters. The number of aromatic nitrogens is 8. The lowest BCUT2D eigenvalue weighted by atomic mass is 10.0. The topological polar surface area (TPSA) is 228 Å². The molecule has 288 valence electrons. The van der Waals surface area contributed by atoms with Crippen molar-refractivity contribution in [3.8, 4) is 0 Å². The Kier molecular flexibility index (Phi) is 11.1. The number of primary amides is 2. The average Bonchev–Trinajstić information content (AvgIpc) is 3.88. The van der Waals surface area contributed by atoms with Crippen LogP contribution in [0, 0.1) is 13.8 Å². The van der Waals surface area contributed by atoms with E-state index in [4.69, 9.17) is 16.5 Å². The Balaban J connectivity index is 0.00000514. The van der Waals surface area contributed by atoms with Crippen LogP contribution in [-0.2, 0) is 32.6 Å². The van der Waals surface area contributed by atoms with Gasteiger partial charge in [-0.25, -0.2) is 9.97 Å². The largest absolute Gasteiger partial charge is 0.366 e. The number of nitrogens with one attached hydrogen (secondary N) is 3. The van der Waals surface area contributed by atoms with E-state index in [9.17, 15) is 19.2 Å². The molecule has 1 aliphatic rings. The summed E-state index contributed by atoms with van der Waals surface area (Å²) in [5.74, 6) is -1.18. The van der Waals surface area contributed by atoms with Crippen LogP contribution < -0.4 is 27.4 Å². The maximum Gasteiger partial charge on any atom is 0.276 e. The molecule has 0 radical (unpaired) electrons. The van der Waals surface area contributed by atoms with Crippen molar-refractivity contribution in [3.63, 3.8) is 0 Å². The van der Waals surface area contributed by atoms with E-state index >= 15 is 0 Å². The molecule has 0 spiro atoms. The second-order valence-corrected chi connectivity index (χ2v) is 13.4. The van der Waals surface area contributed by atoms with Gasteiger partial charge in [-0.2, -0.15) is 10.2 Å². The number of carbonyl (C=O) groups excluding carboxylic acids is 4. The maximum atomic E-state index is 14.1. The minimum atomic E-state index is -0.576. The van der Waals surface area contributed by atoms with Crippen LogP contribution in [-0.4, -0.2) is 75.4 Å². The number of hydrogen-bond acceptors (Lipinski definition) is 9. The van der Waals surface area contributed by atoms with Gasteiger partial charge in [0.2, 0.25) is 23.7 Å². The zero-order valence-electron chi connectivity index (χ0n) is 30.5. The second kappa shape index (κ2) is 15.9. The molecule has 55 heavy (non-hydrogen) atoms. The first-order chi connectivity index (χ1) is 26.0. The van der Waals surface area contributed by atoms with Gasteiger partial charge >= 0.3 is 0 Å². The lowest BCUT2D eigenvalue weighted by molar-refractivity contribution is 0.0992. The Morgan fingerprint density at radius 2 is 1.35 bits per heavy atom. The third-order valence-electron chi connectivity index (χ3n) is 9.74. The highest BCUT2D eigenvalue weighted by atomic mass is 16.2. The average molecular weight is 750 g/mol. The molecule has 5 heterocycles. The first kappa shape index (κ1) is 38.4. The molecule has 17 heteroatoms. The summed E-state index contributed by atoms with van der Waals surface area (Å²) in [6, 6.07) is 11.8. The summed E-state index contributed by atoms with van der Waals surface area (Å²) in [5.41, 5.74) is 17.5. The fraction of sp³-hybridized carbons (Fsp3) is 0.368. The molecule has 0 atom stereocenters. The molecule has 17 nitrogen and oxygen atoms in total. The number of nitrogens with zero attached hydrogens (tertiary/aromatic N) is 8. The number of hydrogen-bond donors (Lipinski definition) is 5. The van der Waals surface area contributed by atoms with E-state index in [-0.39, 0.29) is 19.2 Å². The van der Waals surface area contributed by atoms with Crippen LogP contribution in [0.1, 0.15) is 92.3 Å². The van der Waals surface area contributed by atoms with Gasteiger partial charge < -0.3 is 25.9 Å². The lowest BCUT2D eigenvalue weighted by Crippen LogP contribution is -2.27. The Labute approximate surface area is 317 Å². The van der Waals surface area contributed by atoms with Crippen LogP contribution in [0.25, 0.3) is 22.1 Å². The summed E-state index contributed by atoms with van der Waals surface area (Å²) < 4.78 is 7.21. The van der Waals surface area contributed by atoms with Crippen molar-refractivity contribution in [2.45, 2.75) is 80.1 Å². The van der Waals surface area contributed by atoms with Crippen molar-refractivity contribution in [1.29, 1.82) is 0 Å². The lowest BCUT2D eigenvalue weighted by Gasteiger charge is -2.14. The zero-order chi connectivity index (χ0) is 38.1. The molecule has 0 saturated carbocycles. The molecular formula is C38H47N13O4. The molecule has 4 aromatic heterocycles. The highest BCUT2D eigenvalue weighted by Gasteiger charge is 2.24. The number of carbonyl (C=O) groups is 4. The van der Waals surface area contributed by atoms with Crippen LogP contribution in [0.5, 0.6) is 0 Å². The highest BCUT2D eigenvalue weighted by Crippen LogP contribution is 2.25. The van der Waals surface area contributed by atoms with E-state index in [0.717, 1.165) is 36.0 Å². The quantitative estimate of drug-likeness (QED) is 0.177. The summed E-state index contributed by atoms with van der Waals surface area (Å²) in [7, 11) is 0. The highest BCUT2D eigenvalue weighted by molar-refractivity contribution is 6.05. The summed E-state index contributed by atoms with van der Waals surface area (Å²) >= 11 is 0. The van der Waals surface area contributed by atoms with E-state index in [0.29, 0.717) is 102 Å². The standard InChI is InChI=1S/C37H43N13O4.CH4/c1-4-49-31-25(22(3)46-49)8-6-5-7-15-50-30(18-21(2)45-50)34(53)43-36-41-26-19-23(32(38)51)9-11-28(26)47(36)16-13-40-14-17-48-29-12-10-24(33(39)52)20-27(29)42-37(48)44-35(31)54;/h9-12,18-20,40H,4-8,13-17H2,1-3H3,(H2,38,51)(H2,39,52)(H,41,43,53)(H,42,44,54);1H4. The predicted molar refractivity (Wildman–Crippen MR) is 209 cm³/mol. The molecule has 0 saturated heterocycles. The van der Waals surface area contributed by atoms with Gasteiger partial charge in [-0.3, -0.25) is 39.2 Å². The van der Waals surface area contributed by atoms with Gasteiger partial charge in [0, 0.05) is 56.0 Å². The molecule has 0 aliphatic carbocycles. The van der Waals surface area contributed by atoms with Gasteiger partial charge in [-0.15, -0.1) is 0 Å². The summed E-state index contributed by atoms with van der Waals surface area (Å²) in [6.07, 6.45) is 2.99. The number of benzene rings is 2. The Bertz CT molecular complexity index is 2430. The third-order valence-corrected chi connectivity index (χ3v) is 9.74. The molecule has 7 rings (SSSR count). The van der Waals surface area contributed by atoms with Crippen LogP contribution in [0.3, 0.4) is 0 Å². The smallest absolute Gasteiger partial charge is 0.276 e. The molecule has 1 aliphatic heterocycles. The number of imidazole rings is 2. The molecule has 7 N–H and O–H groups in total. The number of rotatable bonds is 3. The van der Waals surface area contributed by atoms with Crippen LogP contribution >= 0.6 is 0 Å². The Morgan fingerprint density at radius 3 is 1.91 bits per heavy atom. The molecule has 0 fully saturated rings. The third kappa shape index (κ3) is 7.68. The van der Waals surface area contributed by atoms with E-state index in [1.165, 1.54) is 0 Å². The predicted octanol–water partition coefficient (Wildman–Crippen LogP) is 3.77. The fourth-order valence-corrected chi connectivity index (χ4v) is 7.08. The van der Waals surface area contributed by atoms with E-state index < -0.39 is 11.8 Å². The van der Waals surface area contributed by atoms with Gasteiger partial charge in [0.1, 0.15) is 11.4 Å². The van der Waals surface area contributed by atoms with Gasteiger partial charge in [0.05, 0.1) is 33.5 Å². The van der Waals surface area contributed by atoms with Crippen molar-refractivity contribution < 1.29 is 19.2 Å². The molecule has 2 aromatic carbocycles. The molecule has 4 amide bonds. The first-order valence-electron chi connectivity index (χ1n) is 18.1. The SMILES string of the molecule is C.CCn1nc(C)c2c1C(=O)Nc1nc3cc(C(N)=O)ccc3n1CCNCCn1c(nc3cc(C(N)=O)ccc31)NC(=O)c1cc(C)nn1CCCCC2.